The van der Waals surface area contributed by atoms with Gasteiger partial charge in [0.2, 0.25) is 0 Å². The topological polar surface area (TPSA) is 37.8 Å². The normalized spacial score (nSPS) is 19.4. The Labute approximate surface area is 98.6 Å². The van der Waals surface area contributed by atoms with E-state index in [0.717, 1.165) is 24.4 Å². The Morgan fingerprint density at radius 1 is 1.38 bits per heavy atom. The molecule has 0 saturated heterocycles. The maximum Gasteiger partial charge on any atom is 0.0866 e. The molecular weight excluding hydrogens is 218 g/mol. The standard InChI is InChI=1S/C12H13N3S/c1-8-10(15-6-5-13-8)11-12-9(2-4-14-11)3-7-16-12/h3,5-7,11,14H,2,4H2,1H3. The number of hydrogen-bond donors (Lipinski definition) is 1. The van der Waals surface area contributed by atoms with Gasteiger partial charge in [-0.3, -0.25) is 9.97 Å². The summed E-state index contributed by atoms with van der Waals surface area (Å²) in [5.74, 6) is 0. The highest BCUT2D eigenvalue weighted by molar-refractivity contribution is 7.10. The van der Waals surface area contributed by atoms with E-state index in [2.05, 4.69) is 26.7 Å². The Morgan fingerprint density at radius 3 is 3.12 bits per heavy atom. The highest BCUT2D eigenvalue weighted by Gasteiger charge is 2.24. The maximum atomic E-state index is 4.46. The minimum Gasteiger partial charge on any atom is -0.304 e. The molecule has 82 valence electrons. The van der Waals surface area contributed by atoms with Gasteiger partial charge in [-0.25, -0.2) is 0 Å². The second kappa shape index (κ2) is 3.96. The first-order valence-corrected chi connectivity index (χ1v) is 6.31. The zero-order valence-electron chi connectivity index (χ0n) is 9.10. The molecule has 1 atom stereocenters. The molecule has 0 aromatic carbocycles. The molecule has 3 nitrogen and oxygen atoms in total. The van der Waals surface area contributed by atoms with E-state index in [1.165, 1.54) is 10.4 Å². The average molecular weight is 231 g/mol. The zero-order valence-corrected chi connectivity index (χ0v) is 9.92. The van der Waals surface area contributed by atoms with Gasteiger partial charge >= 0.3 is 0 Å². The number of aryl methyl sites for hydroxylation is 1. The smallest absolute Gasteiger partial charge is 0.0866 e. The SMILES string of the molecule is Cc1nccnc1C1NCCc2ccsc21. The minimum atomic E-state index is 0.234. The van der Waals surface area contributed by atoms with Crippen molar-refractivity contribution in [2.45, 2.75) is 19.4 Å². The van der Waals surface area contributed by atoms with Crippen molar-refractivity contribution < 1.29 is 0 Å². The zero-order chi connectivity index (χ0) is 11.0. The van der Waals surface area contributed by atoms with E-state index in [-0.39, 0.29) is 6.04 Å². The molecule has 0 radical (unpaired) electrons. The van der Waals surface area contributed by atoms with Crippen LogP contribution < -0.4 is 5.32 Å². The Balaban J connectivity index is 2.08. The Morgan fingerprint density at radius 2 is 2.25 bits per heavy atom. The number of nitrogens with zero attached hydrogens (tertiary/aromatic N) is 2. The largest absolute Gasteiger partial charge is 0.304 e. The highest BCUT2D eigenvalue weighted by Crippen LogP contribution is 2.32. The molecule has 0 saturated carbocycles. The van der Waals surface area contributed by atoms with Crippen molar-refractivity contribution in [1.82, 2.24) is 15.3 Å². The summed E-state index contributed by atoms with van der Waals surface area (Å²) in [5, 5.41) is 5.69. The number of nitrogens with one attached hydrogen (secondary N) is 1. The van der Waals surface area contributed by atoms with E-state index >= 15 is 0 Å². The second-order valence-electron chi connectivity index (χ2n) is 3.97. The monoisotopic (exact) mass is 231 g/mol. The molecule has 3 heterocycles. The quantitative estimate of drug-likeness (QED) is 0.816. The lowest BCUT2D eigenvalue weighted by molar-refractivity contribution is 0.562. The van der Waals surface area contributed by atoms with Gasteiger partial charge in [0.1, 0.15) is 0 Å². The van der Waals surface area contributed by atoms with E-state index < -0.39 is 0 Å². The molecule has 1 unspecified atom stereocenters. The summed E-state index contributed by atoms with van der Waals surface area (Å²) in [6.45, 7) is 3.04. The number of rotatable bonds is 1. The Hall–Kier alpha value is -1.26. The fourth-order valence-electron chi connectivity index (χ4n) is 2.17. The Kier molecular flexibility index (Phi) is 2.46. The number of aromatic nitrogens is 2. The van der Waals surface area contributed by atoms with Gasteiger partial charge in [-0.2, -0.15) is 0 Å². The summed E-state index contributed by atoms with van der Waals surface area (Å²) < 4.78 is 0. The van der Waals surface area contributed by atoms with Crippen LogP contribution in [0.1, 0.15) is 27.9 Å². The highest BCUT2D eigenvalue weighted by atomic mass is 32.1. The molecule has 0 bridgehead atoms. The van der Waals surface area contributed by atoms with E-state index in [1.807, 2.05) is 6.92 Å². The van der Waals surface area contributed by atoms with Crippen molar-refractivity contribution in [3.63, 3.8) is 0 Å². The maximum absolute atomic E-state index is 4.46. The molecule has 1 aliphatic rings. The molecule has 0 fully saturated rings. The number of hydrogen-bond acceptors (Lipinski definition) is 4. The van der Waals surface area contributed by atoms with Gasteiger partial charge in [0.05, 0.1) is 17.4 Å². The third-order valence-corrected chi connectivity index (χ3v) is 4.00. The summed E-state index contributed by atoms with van der Waals surface area (Å²) in [4.78, 5) is 10.2. The molecule has 0 amide bonds. The molecule has 4 heteroatoms. The van der Waals surface area contributed by atoms with Crippen molar-refractivity contribution in [2.24, 2.45) is 0 Å². The van der Waals surface area contributed by atoms with Crippen LogP contribution in [0, 0.1) is 6.92 Å². The number of fused-ring (bicyclic) bond motifs is 1. The van der Waals surface area contributed by atoms with Gasteiger partial charge in [0.15, 0.2) is 0 Å². The Bertz CT molecular complexity index is 506. The van der Waals surface area contributed by atoms with Crippen molar-refractivity contribution in [3.05, 3.63) is 45.7 Å². The van der Waals surface area contributed by atoms with Crippen molar-refractivity contribution in [2.75, 3.05) is 6.54 Å². The van der Waals surface area contributed by atoms with Crippen LogP contribution in [0.2, 0.25) is 0 Å². The first kappa shape index (κ1) is 9.93. The van der Waals surface area contributed by atoms with Crippen LogP contribution in [0.5, 0.6) is 0 Å². The second-order valence-corrected chi connectivity index (χ2v) is 4.92. The van der Waals surface area contributed by atoms with Crippen LogP contribution in [0.3, 0.4) is 0 Å². The molecule has 2 aromatic heterocycles. The molecule has 0 aliphatic carbocycles. The van der Waals surface area contributed by atoms with Crippen LogP contribution in [-0.2, 0) is 6.42 Å². The van der Waals surface area contributed by atoms with Crippen LogP contribution in [0.25, 0.3) is 0 Å². The van der Waals surface area contributed by atoms with Gasteiger partial charge in [0.25, 0.3) is 0 Å². The van der Waals surface area contributed by atoms with Crippen molar-refractivity contribution in [3.8, 4) is 0 Å². The third-order valence-electron chi connectivity index (χ3n) is 2.98. The van der Waals surface area contributed by atoms with Crippen LogP contribution >= 0.6 is 11.3 Å². The van der Waals surface area contributed by atoms with Gasteiger partial charge in [-0.05, 0) is 30.4 Å². The van der Waals surface area contributed by atoms with E-state index in [9.17, 15) is 0 Å². The first-order chi connectivity index (χ1) is 7.86. The fraction of sp³-hybridized carbons (Fsp3) is 0.333. The minimum absolute atomic E-state index is 0.234. The lowest BCUT2D eigenvalue weighted by atomic mass is 10.0. The fourth-order valence-corrected chi connectivity index (χ4v) is 3.21. The first-order valence-electron chi connectivity index (χ1n) is 5.43. The molecule has 2 aromatic rings. The predicted octanol–water partition coefficient (Wildman–Crippen LogP) is 2.08. The molecule has 16 heavy (non-hydrogen) atoms. The molecule has 1 N–H and O–H groups in total. The van der Waals surface area contributed by atoms with Crippen LogP contribution in [0.15, 0.2) is 23.8 Å². The molecule has 3 rings (SSSR count). The van der Waals surface area contributed by atoms with Crippen molar-refractivity contribution >= 4 is 11.3 Å². The van der Waals surface area contributed by atoms with Gasteiger partial charge < -0.3 is 5.32 Å². The van der Waals surface area contributed by atoms with Crippen LogP contribution in [0.4, 0.5) is 0 Å². The van der Waals surface area contributed by atoms with E-state index in [1.54, 1.807) is 23.7 Å². The lowest BCUT2D eigenvalue weighted by Gasteiger charge is -2.24. The van der Waals surface area contributed by atoms with Gasteiger partial charge in [-0.15, -0.1) is 11.3 Å². The summed E-state index contributed by atoms with van der Waals surface area (Å²) in [5.41, 5.74) is 3.53. The van der Waals surface area contributed by atoms with E-state index in [0.29, 0.717) is 0 Å². The lowest BCUT2D eigenvalue weighted by Crippen LogP contribution is -2.30. The summed E-state index contributed by atoms with van der Waals surface area (Å²) in [6.07, 6.45) is 4.64. The number of thiophene rings is 1. The molecule has 0 spiro atoms. The predicted molar refractivity (Wildman–Crippen MR) is 64.6 cm³/mol. The van der Waals surface area contributed by atoms with Crippen molar-refractivity contribution in [1.29, 1.82) is 0 Å². The van der Waals surface area contributed by atoms with E-state index in [4.69, 9.17) is 0 Å². The molecular formula is C12H13N3S. The molecule has 1 aliphatic heterocycles. The summed E-state index contributed by atoms with van der Waals surface area (Å²) in [7, 11) is 0. The van der Waals surface area contributed by atoms with Gasteiger partial charge in [0, 0.05) is 23.8 Å². The van der Waals surface area contributed by atoms with Crippen LogP contribution in [-0.4, -0.2) is 16.5 Å². The summed E-state index contributed by atoms with van der Waals surface area (Å²) >= 11 is 1.81. The average Bonchev–Trinajstić information content (AvgIpc) is 2.77. The summed E-state index contributed by atoms with van der Waals surface area (Å²) in [6, 6.07) is 2.46. The third kappa shape index (κ3) is 1.54. The van der Waals surface area contributed by atoms with Gasteiger partial charge in [-0.1, -0.05) is 0 Å².